The molecule has 0 heterocycles. The zero-order valence-electron chi connectivity index (χ0n) is 15.6. The fourth-order valence-corrected chi connectivity index (χ4v) is 17.4. The van der Waals surface area contributed by atoms with E-state index in [1.165, 1.54) is 51.8 Å². The Balaban J connectivity index is 2.82. The molecule has 0 saturated heterocycles. The Morgan fingerprint density at radius 3 is 1.87 bits per heavy atom. The molecule has 1 rings (SSSR count). The van der Waals surface area contributed by atoms with Gasteiger partial charge in [0.15, 0.2) is 0 Å². The van der Waals surface area contributed by atoms with Crippen LogP contribution in [0.4, 0.5) is 0 Å². The van der Waals surface area contributed by atoms with E-state index < -0.39 is 18.4 Å². The van der Waals surface area contributed by atoms with E-state index in [0.29, 0.717) is 6.54 Å². The summed E-state index contributed by atoms with van der Waals surface area (Å²) in [6, 6.07) is 8.31. The van der Waals surface area contributed by atoms with E-state index in [9.17, 15) is 0 Å². The van der Waals surface area contributed by atoms with E-state index in [1.807, 2.05) is 0 Å². The van der Waals surface area contributed by atoms with Crippen molar-refractivity contribution >= 4 is 18.4 Å². The number of hydrogen-bond donors (Lipinski definition) is 1. The molecule has 1 aromatic carbocycles. The van der Waals surface area contributed by atoms with Crippen LogP contribution in [0.1, 0.15) is 64.9 Å². The van der Waals surface area contributed by atoms with Crippen LogP contribution in [0.15, 0.2) is 24.3 Å². The minimum absolute atomic E-state index is 0.567. The summed E-state index contributed by atoms with van der Waals surface area (Å²) in [6.07, 6.45) is 8.13. The molecule has 1 aromatic rings. The van der Waals surface area contributed by atoms with Gasteiger partial charge >= 0.3 is 148 Å². The quantitative estimate of drug-likeness (QED) is 0.398. The molecule has 132 valence electrons. The van der Waals surface area contributed by atoms with Gasteiger partial charge in [-0.2, -0.15) is 0 Å². The molecular formula is C20H37NOSn. The van der Waals surface area contributed by atoms with Crippen LogP contribution in [-0.4, -0.2) is 23.0 Å². The minimum atomic E-state index is -2.20. The van der Waals surface area contributed by atoms with E-state index in [0.717, 1.165) is 15.9 Å². The first-order chi connectivity index (χ1) is 11.2. The van der Waals surface area contributed by atoms with Gasteiger partial charge in [-0.25, -0.2) is 0 Å². The van der Waals surface area contributed by atoms with Crippen molar-refractivity contribution in [2.24, 2.45) is 5.73 Å². The Labute approximate surface area is 148 Å². The number of unbranched alkanes of at least 4 members (excludes halogenated alkanes) is 3. The van der Waals surface area contributed by atoms with Gasteiger partial charge in [-0.15, -0.1) is 0 Å². The van der Waals surface area contributed by atoms with Crippen molar-refractivity contribution in [1.82, 2.24) is 0 Å². The zero-order chi connectivity index (χ0) is 17.0. The second kappa shape index (κ2) is 12.2. The summed E-state index contributed by atoms with van der Waals surface area (Å²) in [4.78, 5) is 0. The third-order valence-electron chi connectivity index (χ3n) is 4.91. The van der Waals surface area contributed by atoms with Gasteiger partial charge in [0.1, 0.15) is 0 Å². The van der Waals surface area contributed by atoms with Crippen LogP contribution in [0.3, 0.4) is 0 Å². The molecule has 0 atom stereocenters. The standard InChI is InChI=1S/C8H10NO.3C4H9.Sn/c1-10-8-5-3-2-4-7(8)6-9;3*1-3-4-2;/h2-5H,1,6,9H2;3*1,3-4H2,2H3;. The number of hydrogen-bond acceptors (Lipinski definition) is 2. The van der Waals surface area contributed by atoms with Gasteiger partial charge in [0.05, 0.1) is 0 Å². The van der Waals surface area contributed by atoms with Crippen molar-refractivity contribution in [2.75, 3.05) is 4.62 Å². The molecule has 23 heavy (non-hydrogen) atoms. The zero-order valence-corrected chi connectivity index (χ0v) is 18.4. The molecule has 0 aromatic heterocycles. The number of benzene rings is 1. The summed E-state index contributed by atoms with van der Waals surface area (Å²) in [6.45, 7) is 7.53. The predicted octanol–water partition coefficient (Wildman–Crippen LogP) is 5.91. The van der Waals surface area contributed by atoms with Gasteiger partial charge in [-0.3, -0.25) is 0 Å². The summed E-state index contributed by atoms with van der Waals surface area (Å²) >= 11 is -2.20. The van der Waals surface area contributed by atoms with Crippen LogP contribution in [0.25, 0.3) is 0 Å². The van der Waals surface area contributed by atoms with Crippen molar-refractivity contribution in [3.8, 4) is 5.75 Å². The van der Waals surface area contributed by atoms with Crippen LogP contribution in [0.2, 0.25) is 13.3 Å². The Morgan fingerprint density at radius 2 is 1.39 bits per heavy atom. The molecule has 0 fully saturated rings. The summed E-state index contributed by atoms with van der Waals surface area (Å²) in [5, 5.41) is 0. The average molecular weight is 426 g/mol. The Morgan fingerprint density at radius 1 is 0.870 bits per heavy atom. The predicted molar refractivity (Wildman–Crippen MR) is 105 cm³/mol. The first-order valence-electron chi connectivity index (χ1n) is 9.62. The van der Waals surface area contributed by atoms with Gasteiger partial charge in [-0.05, 0) is 0 Å². The Bertz CT molecular complexity index is 400. The molecule has 0 aliphatic heterocycles. The molecule has 0 aliphatic rings. The topological polar surface area (TPSA) is 35.2 Å². The summed E-state index contributed by atoms with van der Waals surface area (Å²) in [5.41, 5.74) is 7.02. The maximum absolute atomic E-state index is 6.40. The number of rotatable bonds is 13. The van der Waals surface area contributed by atoms with E-state index in [1.54, 1.807) is 0 Å². The Hall–Kier alpha value is -0.221. The molecule has 0 saturated carbocycles. The molecule has 0 radical (unpaired) electrons. The van der Waals surface area contributed by atoms with Crippen molar-refractivity contribution < 1.29 is 4.74 Å². The van der Waals surface area contributed by atoms with E-state index >= 15 is 0 Å². The second-order valence-corrected chi connectivity index (χ2v) is 20.6. The van der Waals surface area contributed by atoms with Gasteiger partial charge in [0, 0.05) is 0 Å². The maximum atomic E-state index is 6.40. The third kappa shape index (κ3) is 7.47. The molecule has 0 unspecified atom stereocenters. The fraction of sp³-hybridized carbons (Fsp3) is 0.700. The first kappa shape index (κ1) is 20.8. The van der Waals surface area contributed by atoms with Crippen LogP contribution >= 0.6 is 0 Å². The molecular weight excluding hydrogens is 389 g/mol. The molecule has 0 amide bonds. The molecule has 0 aliphatic carbocycles. The second-order valence-electron chi connectivity index (χ2n) is 6.91. The Kier molecular flexibility index (Phi) is 11.0. The molecule has 3 heteroatoms. The van der Waals surface area contributed by atoms with Crippen molar-refractivity contribution in [2.45, 2.75) is 79.2 Å². The number of ether oxygens (including phenoxy) is 1. The van der Waals surface area contributed by atoms with Crippen LogP contribution < -0.4 is 10.5 Å². The van der Waals surface area contributed by atoms with Crippen LogP contribution in [0.5, 0.6) is 5.75 Å². The van der Waals surface area contributed by atoms with Crippen molar-refractivity contribution in [3.05, 3.63) is 29.8 Å². The van der Waals surface area contributed by atoms with Crippen LogP contribution in [0, 0.1) is 0 Å². The van der Waals surface area contributed by atoms with Gasteiger partial charge in [0.2, 0.25) is 0 Å². The van der Waals surface area contributed by atoms with E-state index in [2.05, 4.69) is 45.0 Å². The van der Waals surface area contributed by atoms with Crippen molar-refractivity contribution in [1.29, 1.82) is 0 Å². The van der Waals surface area contributed by atoms with Gasteiger partial charge < -0.3 is 0 Å². The van der Waals surface area contributed by atoms with E-state index in [-0.39, 0.29) is 0 Å². The van der Waals surface area contributed by atoms with E-state index in [4.69, 9.17) is 10.5 Å². The van der Waals surface area contributed by atoms with Crippen LogP contribution in [-0.2, 0) is 6.54 Å². The molecule has 2 nitrogen and oxygen atoms in total. The molecule has 2 N–H and O–H groups in total. The molecule has 0 spiro atoms. The normalized spacial score (nSPS) is 11.7. The number of para-hydroxylation sites is 1. The van der Waals surface area contributed by atoms with Gasteiger partial charge in [-0.1, -0.05) is 0 Å². The monoisotopic (exact) mass is 427 g/mol. The summed E-state index contributed by atoms with van der Waals surface area (Å²) in [7, 11) is 0. The third-order valence-corrected chi connectivity index (χ3v) is 19.2. The number of nitrogens with two attached hydrogens (primary N) is 1. The average Bonchev–Trinajstić information content (AvgIpc) is 2.60. The fourth-order valence-electron chi connectivity index (χ4n) is 3.29. The molecule has 0 bridgehead atoms. The summed E-state index contributed by atoms with van der Waals surface area (Å²) < 4.78 is 11.9. The first-order valence-corrected chi connectivity index (χ1v) is 17.7. The summed E-state index contributed by atoms with van der Waals surface area (Å²) in [5.74, 6) is 1.03. The SMILES string of the molecule is CCC[CH2][Sn]([CH2]CCC)([CH2]CCC)[CH2]Oc1ccccc1CN. The van der Waals surface area contributed by atoms with Crippen molar-refractivity contribution in [3.63, 3.8) is 0 Å². The van der Waals surface area contributed by atoms with Gasteiger partial charge in [0.25, 0.3) is 0 Å².